The van der Waals surface area contributed by atoms with E-state index in [1.54, 1.807) is 0 Å². The molecule has 2 rings (SSSR count). The fourth-order valence-electron chi connectivity index (χ4n) is 1.15. The number of alkyl halides is 3. The molecule has 0 saturated carbocycles. The van der Waals surface area contributed by atoms with Crippen LogP contribution in [0.1, 0.15) is 16.2 Å². The molecule has 0 saturated heterocycles. The number of carboxylic acids is 1. The monoisotopic (exact) mass is 274 g/mol. The van der Waals surface area contributed by atoms with E-state index in [9.17, 15) is 18.0 Å². The number of nitrogens with zero attached hydrogens (tertiary/aromatic N) is 3. The zero-order valence-corrected chi connectivity index (χ0v) is 8.97. The molecular weight excluding hydrogens is 269 g/mol. The summed E-state index contributed by atoms with van der Waals surface area (Å²) >= 11 is 0. The highest BCUT2D eigenvalue weighted by molar-refractivity contribution is 5.87. The Morgan fingerprint density at radius 1 is 1.37 bits per heavy atom. The molecule has 2 N–H and O–H groups in total. The summed E-state index contributed by atoms with van der Waals surface area (Å²) in [5.74, 6) is -1.82. The van der Waals surface area contributed by atoms with Gasteiger partial charge < -0.3 is 9.84 Å². The minimum absolute atomic E-state index is 0.0931. The third kappa shape index (κ3) is 2.78. The van der Waals surface area contributed by atoms with Crippen molar-refractivity contribution in [2.24, 2.45) is 0 Å². The van der Waals surface area contributed by atoms with E-state index in [0.29, 0.717) is 6.07 Å². The number of rotatable bonds is 3. The van der Waals surface area contributed by atoms with Crippen LogP contribution >= 0.6 is 0 Å². The van der Waals surface area contributed by atoms with E-state index >= 15 is 0 Å². The van der Waals surface area contributed by atoms with Gasteiger partial charge in [-0.05, 0) is 12.1 Å². The van der Waals surface area contributed by atoms with Crippen LogP contribution in [0.25, 0.3) is 0 Å². The third-order valence-corrected chi connectivity index (χ3v) is 1.97. The first-order valence-electron chi connectivity index (χ1n) is 4.73. The van der Waals surface area contributed by atoms with Gasteiger partial charge in [-0.15, -0.1) is 0 Å². The van der Waals surface area contributed by atoms with E-state index in [4.69, 9.17) is 9.84 Å². The second-order valence-corrected chi connectivity index (χ2v) is 3.28. The molecule has 0 fully saturated rings. The van der Waals surface area contributed by atoms with Crippen LogP contribution in [0, 0.1) is 0 Å². The maximum atomic E-state index is 12.3. The summed E-state index contributed by atoms with van der Waals surface area (Å²) < 4.78 is 41.7. The van der Waals surface area contributed by atoms with Crippen molar-refractivity contribution in [1.82, 2.24) is 20.4 Å². The highest BCUT2D eigenvalue weighted by Gasteiger charge is 2.32. The number of halogens is 3. The van der Waals surface area contributed by atoms with Crippen LogP contribution < -0.4 is 4.74 Å². The smallest absolute Gasteiger partial charge is 0.433 e. The largest absolute Gasteiger partial charge is 0.476 e. The van der Waals surface area contributed by atoms with Crippen molar-refractivity contribution in [2.75, 3.05) is 0 Å². The average molecular weight is 274 g/mol. The van der Waals surface area contributed by atoms with Gasteiger partial charge in [-0.2, -0.15) is 13.2 Å². The van der Waals surface area contributed by atoms with Crippen molar-refractivity contribution in [3.8, 4) is 11.6 Å². The lowest BCUT2D eigenvalue weighted by Crippen LogP contribution is -2.07. The Balaban J connectivity index is 2.20. The standard InChI is InChI=1S/C9H5F3N4O3/c10-9(11,12)5-2-1-4(3-13-5)19-7-6(8(17)18)14-16-15-7/h1-3H,(H,17,18)(H,14,15,16). The first-order chi connectivity index (χ1) is 8.88. The molecule has 2 heterocycles. The Bertz CT molecular complexity index is 594. The maximum absolute atomic E-state index is 12.3. The number of aromatic nitrogens is 4. The lowest BCUT2D eigenvalue weighted by Gasteiger charge is -2.06. The number of carbonyl (C=O) groups is 1. The SMILES string of the molecule is O=C(O)c1[nH]nnc1Oc1ccc(C(F)(F)F)nc1. The molecule has 0 radical (unpaired) electrons. The molecular formula is C9H5F3N4O3. The van der Waals surface area contributed by atoms with E-state index in [1.807, 2.05) is 0 Å². The van der Waals surface area contributed by atoms with Crippen molar-refractivity contribution in [3.05, 3.63) is 29.7 Å². The van der Waals surface area contributed by atoms with Crippen LogP contribution in [-0.4, -0.2) is 31.5 Å². The molecule has 0 aliphatic rings. The van der Waals surface area contributed by atoms with Crippen molar-refractivity contribution in [1.29, 1.82) is 0 Å². The number of aromatic amines is 1. The van der Waals surface area contributed by atoms with Gasteiger partial charge in [0.2, 0.25) is 5.69 Å². The molecule has 0 amide bonds. The van der Waals surface area contributed by atoms with Crippen LogP contribution in [-0.2, 0) is 6.18 Å². The van der Waals surface area contributed by atoms with Crippen LogP contribution in [0.4, 0.5) is 13.2 Å². The number of aromatic carboxylic acids is 1. The highest BCUT2D eigenvalue weighted by atomic mass is 19.4. The molecule has 0 spiro atoms. The Kier molecular flexibility index (Phi) is 3.07. The summed E-state index contributed by atoms with van der Waals surface area (Å²) in [6.07, 6.45) is -3.75. The predicted octanol–water partition coefficient (Wildman–Crippen LogP) is 1.71. The summed E-state index contributed by atoms with van der Waals surface area (Å²) in [5, 5.41) is 17.4. The number of carboxylic acid groups (broad SMARTS) is 1. The van der Waals surface area contributed by atoms with Gasteiger partial charge in [0.25, 0.3) is 5.88 Å². The summed E-state index contributed by atoms with van der Waals surface area (Å²) in [4.78, 5) is 13.9. The molecule has 0 atom stereocenters. The number of H-pyrrole nitrogens is 1. The zero-order valence-electron chi connectivity index (χ0n) is 8.97. The highest BCUT2D eigenvalue weighted by Crippen LogP contribution is 2.29. The molecule has 100 valence electrons. The van der Waals surface area contributed by atoms with E-state index in [2.05, 4.69) is 20.4 Å². The van der Waals surface area contributed by atoms with Gasteiger partial charge >= 0.3 is 12.1 Å². The molecule has 2 aromatic rings. The summed E-state index contributed by atoms with van der Waals surface area (Å²) in [7, 11) is 0. The van der Waals surface area contributed by atoms with Crippen LogP contribution in [0.3, 0.4) is 0 Å². The fourth-order valence-corrected chi connectivity index (χ4v) is 1.15. The van der Waals surface area contributed by atoms with Crippen LogP contribution in [0.2, 0.25) is 0 Å². The van der Waals surface area contributed by atoms with Crippen molar-refractivity contribution < 1.29 is 27.8 Å². The van der Waals surface area contributed by atoms with E-state index < -0.39 is 23.5 Å². The molecule has 0 aromatic carbocycles. The third-order valence-electron chi connectivity index (χ3n) is 1.97. The molecule has 10 heteroatoms. The topological polar surface area (TPSA) is 101 Å². The predicted molar refractivity (Wildman–Crippen MR) is 52.7 cm³/mol. The van der Waals surface area contributed by atoms with Gasteiger partial charge in [-0.1, -0.05) is 10.3 Å². The Labute approximate surface area is 103 Å². The van der Waals surface area contributed by atoms with E-state index in [-0.39, 0.29) is 11.6 Å². The van der Waals surface area contributed by atoms with E-state index in [0.717, 1.165) is 12.3 Å². The molecule has 0 aliphatic heterocycles. The number of hydrogen-bond donors (Lipinski definition) is 2. The average Bonchev–Trinajstić information content (AvgIpc) is 2.77. The van der Waals surface area contributed by atoms with Crippen LogP contribution in [0.5, 0.6) is 11.6 Å². The summed E-state index contributed by atoms with van der Waals surface area (Å²) in [5.41, 5.74) is -1.50. The number of ether oxygens (including phenoxy) is 1. The van der Waals surface area contributed by atoms with Crippen molar-refractivity contribution in [3.63, 3.8) is 0 Å². The number of hydrogen-bond acceptors (Lipinski definition) is 5. The summed E-state index contributed by atoms with van der Waals surface area (Å²) in [6, 6.07) is 1.70. The van der Waals surface area contributed by atoms with Gasteiger partial charge in [-0.25, -0.2) is 14.9 Å². The molecule has 0 unspecified atom stereocenters. The fraction of sp³-hybridized carbons (Fsp3) is 0.111. The molecule has 19 heavy (non-hydrogen) atoms. The lowest BCUT2D eigenvalue weighted by atomic mass is 10.3. The number of nitrogens with one attached hydrogen (secondary N) is 1. The molecule has 0 aliphatic carbocycles. The lowest BCUT2D eigenvalue weighted by molar-refractivity contribution is -0.141. The second kappa shape index (κ2) is 4.55. The first kappa shape index (κ1) is 12.8. The maximum Gasteiger partial charge on any atom is 0.433 e. The van der Waals surface area contributed by atoms with Gasteiger partial charge in [0, 0.05) is 0 Å². The Morgan fingerprint density at radius 3 is 2.63 bits per heavy atom. The molecule has 2 aromatic heterocycles. The summed E-state index contributed by atoms with van der Waals surface area (Å²) in [6.45, 7) is 0. The van der Waals surface area contributed by atoms with Crippen LogP contribution in [0.15, 0.2) is 18.3 Å². The normalized spacial score (nSPS) is 11.3. The van der Waals surface area contributed by atoms with Gasteiger partial charge in [0.05, 0.1) is 6.20 Å². The van der Waals surface area contributed by atoms with Gasteiger partial charge in [0.15, 0.2) is 0 Å². The molecule has 0 bridgehead atoms. The molecule has 7 nitrogen and oxygen atoms in total. The zero-order chi connectivity index (χ0) is 14.0. The minimum Gasteiger partial charge on any atom is -0.476 e. The first-order valence-corrected chi connectivity index (χ1v) is 4.73. The number of pyridine rings is 1. The Hall–Kier alpha value is -2.65. The van der Waals surface area contributed by atoms with Gasteiger partial charge in [-0.3, -0.25) is 0 Å². The van der Waals surface area contributed by atoms with Crippen molar-refractivity contribution >= 4 is 5.97 Å². The van der Waals surface area contributed by atoms with E-state index in [1.165, 1.54) is 0 Å². The minimum atomic E-state index is -4.56. The Morgan fingerprint density at radius 2 is 2.11 bits per heavy atom. The van der Waals surface area contributed by atoms with Crippen molar-refractivity contribution in [2.45, 2.75) is 6.18 Å². The second-order valence-electron chi connectivity index (χ2n) is 3.28. The van der Waals surface area contributed by atoms with Gasteiger partial charge in [0.1, 0.15) is 11.4 Å². The quantitative estimate of drug-likeness (QED) is 0.883.